The zero-order valence-electron chi connectivity index (χ0n) is 17.0. The van der Waals surface area contributed by atoms with Gasteiger partial charge in [-0.15, -0.1) is 24.0 Å². The Balaban J connectivity index is 0.00000320. The van der Waals surface area contributed by atoms with Gasteiger partial charge in [0, 0.05) is 44.9 Å². The van der Waals surface area contributed by atoms with Crippen molar-refractivity contribution >= 4 is 40.0 Å². The molecule has 2 aromatic heterocycles. The van der Waals surface area contributed by atoms with Crippen LogP contribution in [0.3, 0.4) is 0 Å². The van der Waals surface area contributed by atoms with Crippen molar-refractivity contribution in [2.75, 3.05) is 39.8 Å². The number of aliphatic imine (C=N–C) groups is 1. The molecule has 0 unspecified atom stereocenters. The van der Waals surface area contributed by atoms with Crippen molar-refractivity contribution in [3.05, 3.63) is 41.9 Å². The number of hydrogen-bond donors (Lipinski definition) is 1. The van der Waals surface area contributed by atoms with Gasteiger partial charge in [0.05, 0.1) is 25.0 Å². The van der Waals surface area contributed by atoms with Gasteiger partial charge in [-0.2, -0.15) is 4.31 Å². The van der Waals surface area contributed by atoms with E-state index in [0.717, 1.165) is 18.2 Å². The van der Waals surface area contributed by atoms with E-state index in [1.165, 1.54) is 10.6 Å². The number of nitrogens with one attached hydrogen (secondary N) is 1. The first kappa shape index (κ1) is 24.3. The maximum Gasteiger partial charge on any atom is 0.220 e. The summed E-state index contributed by atoms with van der Waals surface area (Å²) in [6.07, 6.45) is 1.37. The maximum atomic E-state index is 12.6. The predicted octanol–water partition coefficient (Wildman–Crippen LogP) is 1.31. The monoisotopic (exact) mass is 550 g/mol. The molecule has 30 heavy (non-hydrogen) atoms. The summed E-state index contributed by atoms with van der Waals surface area (Å²) < 4.78 is 36.5. The number of pyridine rings is 1. The van der Waals surface area contributed by atoms with Crippen LogP contribution in [-0.4, -0.2) is 73.6 Å². The summed E-state index contributed by atoms with van der Waals surface area (Å²) in [6, 6.07) is 7.12. The number of sulfonamides is 1. The minimum absolute atomic E-state index is 0. The smallest absolute Gasteiger partial charge is 0.220 e. The number of nitrogens with zero attached hydrogens (tertiary/aromatic N) is 5. The Kier molecular flexibility index (Phi) is 9.30. The van der Waals surface area contributed by atoms with E-state index in [4.69, 9.17) is 9.26 Å². The molecule has 0 radical (unpaired) electrons. The van der Waals surface area contributed by atoms with Gasteiger partial charge in [0.2, 0.25) is 15.9 Å². The minimum atomic E-state index is -3.43. The molecular formula is C18H27IN6O4S. The number of halogens is 1. The quantitative estimate of drug-likeness (QED) is 0.312. The van der Waals surface area contributed by atoms with Gasteiger partial charge in [-0.25, -0.2) is 18.4 Å². The maximum absolute atomic E-state index is 12.6. The van der Waals surface area contributed by atoms with Crippen molar-refractivity contribution in [1.29, 1.82) is 0 Å². The molecule has 1 aliphatic rings. The molecule has 0 saturated carbocycles. The molecule has 10 nitrogen and oxygen atoms in total. The van der Waals surface area contributed by atoms with Crippen LogP contribution in [-0.2, 0) is 22.3 Å². The molecule has 3 rings (SSSR count). The highest BCUT2D eigenvalue weighted by atomic mass is 127. The Morgan fingerprint density at radius 3 is 2.63 bits per heavy atom. The van der Waals surface area contributed by atoms with E-state index in [2.05, 4.69) is 25.3 Å². The van der Waals surface area contributed by atoms with Crippen molar-refractivity contribution in [2.24, 2.45) is 4.99 Å². The van der Waals surface area contributed by atoms with Crippen molar-refractivity contribution in [1.82, 2.24) is 24.7 Å². The predicted molar refractivity (Wildman–Crippen MR) is 123 cm³/mol. The normalized spacial score (nSPS) is 15.5. The zero-order valence-corrected chi connectivity index (χ0v) is 20.2. The third kappa shape index (κ3) is 6.54. The first-order chi connectivity index (χ1) is 14.0. The highest BCUT2D eigenvalue weighted by Gasteiger charge is 2.29. The number of aromatic nitrogens is 2. The third-order valence-electron chi connectivity index (χ3n) is 4.47. The highest BCUT2D eigenvalue weighted by Crippen LogP contribution is 2.13. The molecule has 1 fully saturated rings. The van der Waals surface area contributed by atoms with Crippen molar-refractivity contribution in [3.8, 4) is 5.88 Å². The van der Waals surface area contributed by atoms with Crippen LogP contribution in [0, 0.1) is 0 Å². The summed E-state index contributed by atoms with van der Waals surface area (Å²) in [5.74, 6) is 1.14. The molecule has 0 amide bonds. The fourth-order valence-electron chi connectivity index (χ4n) is 3.01. The SMILES string of the molecule is CCNC(=NCc1cccc(OC)n1)N1CCN(S(=O)(=O)Cc2ccon2)CC1.I. The Morgan fingerprint density at radius 1 is 1.23 bits per heavy atom. The summed E-state index contributed by atoms with van der Waals surface area (Å²) in [6.45, 7) is 5.01. The molecule has 0 bridgehead atoms. The number of methoxy groups -OCH3 is 1. The van der Waals surface area contributed by atoms with Crippen LogP contribution in [0.25, 0.3) is 0 Å². The summed E-state index contributed by atoms with van der Waals surface area (Å²) in [4.78, 5) is 11.1. The highest BCUT2D eigenvalue weighted by molar-refractivity contribution is 14.0. The van der Waals surface area contributed by atoms with E-state index in [1.807, 2.05) is 19.1 Å². The van der Waals surface area contributed by atoms with Crippen molar-refractivity contribution < 1.29 is 17.7 Å². The third-order valence-corrected chi connectivity index (χ3v) is 6.28. The van der Waals surface area contributed by atoms with Crippen LogP contribution < -0.4 is 10.1 Å². The number of ether oxygens (including phenoxy) is 1. The van der Waals surface area contributed by atoms with Crippen LogP contribution in [0.15, 0.2) is 40.0 Å². The van der Waals surface area contributed by atoms with E-state index in [-0.39, 0.29) is 29.7 Å². The summed E-state index contributed by atoms with van der Waals surface area (Å²) >= 11 is 0. The fraction of sp³-hybridized carbons (Fsp3) is 0.500. The van der Waals surface area contributed by atoms with E-state index in [9.17, 15) is 8.42 Å². The fourth-order valence-corrected chi connectivity index (χ4v) is 4.43. The van der Waals surface area contributed by atoms with Gasteiger partial charge in [-0.3, -0.25) is 0 Å². The van der Waals surface area contributed by atoms with Gasteiger partial charge in [0.15, 0.2) is 5.96 Å². The van der Waals surface area contributed by atoms with E-state index < -0.39 is 10.0 Å². The first-order valence-electron chi connectivity index (χ1n) is 9.42. The molecule has 2 aromatic rings. The number of rotatable bonds is 7. The molecule has 1 aliphatic heterocycles. The lowest BCUT2D eigenvalue weighted by atomic mass is 10.3. The lowest BCUT2D eigenvalue weighted by molar-refractivity contribution is 0.259. The van der Waals surface area contributed by atoms with Gasteiger partial charge in [0.1, 0.15) is 12.0 Å². The molecular weight excluding hydrogens is 523 g/mol. The van der Waals surface area contributed by atoms with Crippen LogP contribution >= 0.6 is 24.0 Å². The van der Waals surface area contributed by atoms with Gasteiger partial charge in [-0.1, -0.05) is 11.2 Å². The summed E-state index contributed by atoms with van der Waals surface area (Å²) in [5.41, 5.74) is 1.21. The van der Waals surface area contributed by atoms with Gasteiger partial charge < -0.3 is 19.5 Å². The van der Waals surface area contributed by atoms with E-state index in [0.29, 0.717) is 44.3 Å². The van der Waals surface area contributed by atoms with E-state index >= 15 is 0 Å². The van der Waals surface area contributed by atoms with Crippen molar-refractivity contribution in [2.45, 2.75) is 19.2 Å². The Morgan fingerprint density at radius 2 is 2.00 bits per heavy atom. The van der Waals surface area contributed by atoms with Crippen LogP contribution in [0.1, 0.15) is 18.3 Å². The molecule has 0 spiro atoms. The molecule has 166 valence electrons. The number of piperazine rings is 1. The molecule has 3 heterocycles. The zero-order chi connectivity index (χ0) is 20.7. The lowest BCUT2D eigenvalue weighted by Gasteiger charge is -2.35. The van der Waals surface area contributed by atoms with Crippen molar-refractivity contribution in [3.63, 3.8) is 0 Å². The second kappa shape index (κ2) is 11.5. The molecule has 0 atom stereocenters. The topological polar surface area (TPSA) is 113 Å². The van der Waals surface area contributed by atoms with Gasteiger partial charge in [-0.05, 0) is 13.0 Å². The molecule has 1 saturated heterocycles. The Labute approximate surface area is 193 Å². The van der Waals surface area contributed by atoms with Crippen LogP contribution in [0.4, 0.5) is 0 Å². The first-order valence-corrected chi connectivity index (χ1v) is 11.0. The average molecular weight is 550 g/mol. The van der Waals surface area contributed by atoms with Crippen LogP contribution in [0.2, 0.25) is 0 Å². The molecule has 1 N–H and O–H groups in total. The summed E-state index contributed by atoms with van der Waals surface area (Å²) in [7, 11) is -1.85. The average Bonchev–Trinajstić information content (AvgIpc) is 3.23. The van der Waals surface area contributed by atoms with Crippen LogP contribution in [0.5, 0.6) is 5.88 Å². The second-order valence-electron chi connectivity index (χ2n) is 6.47. The minimum Gasteiger partial charge on any atom is -0.481 e. The number of hydrogen-bond acceptors (Lipinski definition) is 7. The molecule has 12 heteroatoms. The number of guanidine groups is 1. The van der Waals surface area contributed by atoms with E-state index in [1.54, 1.807) is 19.2 Å². The Bertz CT molecular complexity index is 915. The van der Waals surface area contributed by atoms with Gasteiger partial charge >= 0.3 is 0 Å². The van der Waals surface area contributed by atoms with Gasteiger partial charge in [0.25, 0.3) is 0 Å². The molecule has 0 aromatic carbocycles. The Hall–Kier alpha value is -1.93. The lowest BCUT2D eigenvalue weighted by Crippen LogP contribution is -2.53. The molecule has 0 aliphatic carbocycles. The largest absolute Gasteiger partial charge is 0.481 e. The summed E-state index contributed by atoms with van der Waals surface area (Å²) in [5, 5.41) is 6.96. The standard InChI is InChI=1S/C18H26N6O4S.HI/c1-3-19-18(20-13-15-5-4-6-17(21-15)27-2)23-8-10-24(11-9-23)29(25,26)14-16-7-12-28-22-16;/h4-7,12H,3,8-11,13-14H2,1-2H3,(H,19,20);1H. The second-order valence-corrected chi connectivity index (χ2v) is 8.44.